The van der Waals surface area contributed by atoms with Gasteiger partial charge in [-0.05, 0) is 24.5 Å². The Morgan fingerprint density at radius 3 is 2.75 bits per heavy atom. The molecule has 0 N–H and O–H groups in total. The molecule has 3 heteroatoms. The van der Waals surface area contributed by atoms with Gasteiger partial charge in [-0.2, -0.15) is 0 Å². The zero-order valence-corrected chi connectivity index (χ0v) is 9.55. The number of hydrogen-bond acceptors (Lipinski definition) is 2. The van der Waals surface area contributed by atoms with E-state index in [0.29, 0.717) is 23.1 Å². The maximum Gasteiger partial charge on any atom is 0.305 e. The summed E-state index contributed by atoms with van der Waals surface area (Å²) in [5.74, 6) is -0.577. The maximum absolute atomic E-state index is 13.7. The van der Waals surface area contributed by atoms with Gasteiger partial charge >= 0.3 is 5.97 Å². The highest BCUT2D eigenvalue weighted by atomic mass is 19.1. The quantitative estimate of drug-likeness (QED) is 0.732. The summed E-state index contributed by atoms with van der Waals surface area (Å²) >= 11 is 0. The number of methoxy groups -OCH3 is 1. The number of carbonyl (C=O) groups excluding carboxylic acids is 1. The number of allylic oxidation sites excluding steroid dienone is 1. The smallest absolute Gasteiger partial charge is 0.305 e. The lowest BCUT2D eigenvalue weighted by molar-refractivity contribution is -0.140. The molecule has 2 nitrogen and oxygen atoms in total. The summed E-state index contributed by atoms with van der Waals surface area (Å²) in [5.41, 5.74) is 1.67. The van der Waals surface area contributed by atoms with Crippen molar-refractivity contribution in [1.29, 1.82) is 0 Å². The number of ether oxygens (including phenoxy) is 1. The Balaban J connectivity index is 2.74. The molecule has 1 rings (SSSR count). The summed E-state index contributed by atoms with van der Waals surface area (Å²) in [6.07, 6.45) is 0.635. The molecular formula is C13H15FO2. The van der Waals surface area contributed by atoms with E-state index in [1.54, 1.807) is 25.1 Å². The van der Waals surface area contributed by atoms with E-state index in [0.717, 1.165) is 0 Å². The minimum absolute atomic E-state index is 0.225. The minimum atomic E-state index is -0.311. The van der Waals surface area contributed by atoms with Gasteiger partial charge < -0.3 is 4.74 Å². The molecule has 86 valence electrons. The van der Waals surface area contributed by atoms with Crippen LogP contribution in [0.1, 0.15) is 24.0 Å². The largest absolute Gasteiger partial charge is 0.469 e. The summed E-state index contributed by atoms with van der Waals surface area (Å²) < 4.78 is 18.2. The molecule has 0 radical (unpaired) electrons. The molecule has 0 fully saturated rings. The van der Waals surface area contributed by atoms with Crippen molar-refractivity contribution in [3.63, 3.8) is 0 Å². The van der Waals surface area contributed by atoms with Crippen LogP contribution in [-0.2, 0) is 9.53 Å². The van der Waals surface area contributed by atoms with Crippen LogP contribution in [0.2, 0.25) is 0 Å². The average Bonchev–Trinajstić information content (AvgIpc) is 2.29. The fraction of sp³-hybridized carbons (Fsp3) is 0.308. The number of esters is 1. The Morgan fingerprint density at radius 2 is 2.12 bits per heavy atom. The molecule has 0 aliphatic rings. The van der Waals surface area contributed by atoms with E-state index in [2.05, 4.69) is 11.3 Å². The van der Waals surface area contributed by atoms with E-state index in [1.807, 2.05) is 0 Å². The fourth-order valence-corrected chi connectivity index (χ4v) is 1.41. The van der Waals surface area contributed by atoms with Crippen molar-refractivity contribution in [2.75, 3.05) is 7.11 Å². The van der Waals surface area contributed by atoms with Gasteiger partial charge in [0.05, 0.1) is 7.11 Å². The van der Waals surface area contributed by atoms with Gasteiger partial charge in [-0.25, -0.2) is 4.39 Å². The highest BCUT2D eigenvalue weighted by Crippen LogP contribution is 2.22. The Labute approximate surface area is 94.7 Å². The van der Waals surface area contributed by atoms with Gasteiger partial charge in [-0.15, -0.1) is 0 Å². The lowest BCUT2D eigenvalue weighted by Crippen LogP contribution is -2.01. The number of benzene rings is 1. The zero-order chi connectivity index (χ0) is 12.1. The molecule has 0 unspecified atom stereocenters. The third-order valence-electron chi connectivity index (χ3n) is 2.43. The highest BCUT2D eigenvalue weighted by Gasteiger charge is 2.09. The van der Waals surface area contributed by atoms with E-state index >= 15 is 0 Å². The van der Waals surface area contributed by atoms with Gasteiger partial charge in [0, 0.05) is 12.0 Å². The molecular weight excluding hydrogens is 207 g/mol. The predicted octanol–water partition coefficient (Wildman–Crippen LogP) is 3.10. The zero-order valence-electron chi connectivity index (χ0n) is 9.55. The number of halogens is 1. The summed E-state index contributed by atoms with van der Waals surface area (Å²) in [6, 6.07) is 5.14. The lowest BCUT2D eigenvalue weighted by Gasteiger charge is -2.08. The Bertz CT molecular complexity index is 410. The first-order valence-corrected chi connectivity index (χ1v) is 5.06. The number of carbonyl (C=O) groups is 1. The van der Waals surface area contributed by atoms with Crippen LogP contribution in [0.5, 0.6) is 0 Å². The van der Waals surface area contributed by atoms with Crippen LogP contribution in [0.15, 0.2) is 24.8 Å². The van der Waals surface area contributed by atoms with Gasteiger partial charge in [0.2, 0.25) is 0 Å². The van der Waals surface area contributed by atoms with Crippen LogP contribution in [0, 0.1) is 12.7 Å². The van der Waals surface area contributed by atoms with Crippen LogP contribution in [0.4, 0.5) is 4.39 Å². The van der Waals surface area contributed by atoms with Crippen molar-refractivity contribution in [3.8, 4) is 0 Å². The van der Waals surface area contributed by atoms with Crippen molar-refractivity contribution in [3.05, 3.63) is 41.7 Å². The van der Waals surface area contributed by atoms with E-state index in [9.17, 15) is 9.18 Å². The van der Waals surface area contributed by atoms with Gasteiger partial charge in [0.25, 0.3) is 0 Å². The van der Waals surface area contributed by atoms with Crippen molar-refractivity contribution >= 4 is 11.5 Å². The van der Waals surface area contributed by atoms with Crippen LogP contribution < -0.4 is 0 Å². The highest BCUT2D eigenvalue weighted by molar-refractivity contribution is 5.73. The Hall–Kier alpha value is -1.64. The molecule has 1 aromatic rings. The fourth-order valence-electron chi connectivity index (χ4n) is 1.41. The lowest BCUT2D eigenvalue weighted by atomic mass is 10.0. The minimum Gasteiger partial charge on any atom is -0.469 e. The van der Waals surface area contributed by atoms with E-state index < -0.39 is 0 Å². The molecule has 0 amide bonds. The first-order valence-electron chi connectivity index (χ1n) is 5.06. The second-order valence-corrected chi connectivity index (χ2v) is 3.62. The van der Waals surface area contributed by atoms with Gasteiger partial charge in [-0.1, -0.05) is 24.8 Å². The maximum atomic E-state index is 13.7. The number of hydrogen-bond donors (Lipinski definition) is 0. The van der Waals surface area contributed by atoms with Crippen molar-refractivity contribution in [2.24, 2.45) is 0 Å². The molecule has 1 aromatic carbocycles. The third kappa shape index (κ3) is 2.92. The second kappa shape index (κ2) is 5.45. The van der Waals surface area contributed by atoms with E-state index in [4.69, 9.17) is 0 Å². The Kier molecular flexibility index (Phi) is 4.23. The standard InChI is InChI=1S/C13H15FO2/c1-9(7-8-12(15)16-3)11-6-4-5-10(2)13(11)14/h4-6H,1,7-8H2,2-3H3. The second-order valence-electron chi connectivity index (χ2n) is 3.62. The van der Waals surface area contributed by atoms with Crippen molar-refractivity contribution in [1.82, 2.24) is 0 Å². The molecule has 0 aromatic heterocycles. The molecule has 0 spiro atoms. The van der Waals surface area contributed by atoms with Crippen LogP contribution in [0.3, 0.4) is 0 Å². The molecule has 0 heterocycles. The van der Waals surface area contributed by atoms with Gasteiger partial charge in [0.1, 0.15) is 5.82 Å². The van der Waals surface area contributed by atoms with Crippen LogP contribution in [0.25, 0.3) is 5.57 Å². The summed E-state index contributed by atoms with van der Waals surface area (Å²) in [4.78, 5) is 10.9. The summed E-state index contributed by atoms with van der Waals surface area (Å²) in [5, 5.41) is 0. The SMILES string of the molecule is C=C(CCC(=O)OC)c1cccc(C)c1F. The molecule has 0 aliphatic heterocycles. The van der Waals surface area contributed by atoms with Gasteiger partial charge in [0.15, 0.2) is 0 Å². The number of aryl methyl sites for hydroxylation is 1. The first kappa shape index (κ1) is 12.4. The Morgan fingerprint density at radius 1 is 1.44 bits per heavy atom. The van der Waals surface area contributed by atoms with Gasteiger partial charge in [-0.3, -0.25) is 4.79 Å². The first-order chi connectivity index (χ1) is 7.56. The molecule has 0 aliphatic carbocycles. The third-order valence-corrected chi connectivity index (χ3v) is 2.43. The molecule has 0 saturated carbocycles. The van der Waals surface area contributed by atoms with Crippen molar-refractivity contribution < 1.29 is 13.9 Å². The predicted molar refractivity (Wildman–Crippen MR) is 61.4 cm³/mol. The normalized spacial score (nSPS) is 9.94. The van der Waals surface area contributed by atoms with E-state index in [1.165, 1.54) is 7.11 Å². The molecule has 0 saturated heterocycles. The summed E-state index contributed by atoms with van der Waals surface area (Å²) in [7, 11) is 1.33. The average molecular weight is 222 g/mol. The van der Waals surface area contributed by atoms with Crippen molar-refractivity contribution in [2.45, 2.75) is 19.8 Å². The topological polar surface area (TPSA) is 26.3 Å². The van der Waals surface area contributed by atoms with Crippen LogP contribution in [-0.4, -0.2) is 13.1 Å². The molecule has 0 atom stereocenters. The summed E-state index contributed by atoms with van der Waals surface area (Å²) in [6.45, 7) is 5.49. The monoisotopic (exact) mass is 222 g/mol. The van der Waals surface area contributed by atoms with E-state index in [-0.39, 0.29) is 18.2 Å². The number of rotatable bonds is 4. The molecule has 16 heavy (non-hydrogen) atoms. The van der Waals surface area contributed by atoms with Crippen LogP contribution >= 0.6 is 0 Å². The molecule has 0 bridgehead atoms.